The van der Waals surface area contributed by atoms with Gasteiger partial charge in [0, 0.05) is 0 Å². The van der Waals surface area contributed by atoms with Crippen LogP contribution in [0, 0.1) is 0 Å². The number of hydrogen-bond donors (Lipinski definition) is 2. The van der Waals surface area contributed by atoms with Gasteiger partial charge >= 0.3 is 11.9 Å². The second-order valence-corrected chi connectivity index (χ2v) is 4.55. The molecule has 0 spiro atoms. The summed E-state index contributed by atoms with van der Waals surface area (Å²) < 4.78 is 0. The van der Waals surface area contributed by atoms with Crippen molar-refractivity contribution in [3.63, 3.8) is 0 Å². The van der Waals surface area contributed by atoms with Gasteiger partial charge in [-0.1, -0.05) is 49.6 Å². The zero-order valence-corrected chi connectivity index (χ0v) is 11.7. The summed E-state index contributed by atoms with van der Waals surface area (Å²) in [7, 11) is 0. The van der Waals surface area contributed by atoms with Crippen LogP contribution in [0.25, 0.3) is 23.3 Å². The summed E-state index contributed by atoms with van der Waals surface area (Å²) in [5, 5.41) is 18.6. The van der Waals surface area contributed by atoms with Gasteiger partial charge < -0.3 is 10.2 Å². The Labute approximate surface area is 127 Å². The molecule has 0 bridgehead atoms. The Kier molecular flexibility index (Phi) is 4.23. The lowest BCUT2D eigenvalue weighted by molar-refractivity contribution is 0.0685. The first-order valence-electron chi connectivity index (χ1n) is 6.49. The van der Waals surface area contributed by atoms with Crippen LogP contribution in [0.15, 0.2) is 49.6 Å². The Bertz CT molecular complexity index is 720. The molecule has 4 nitrogen and oxygen atoms in total. The summed E-state index contributed by atoms with van der Waals surface area (Å²) in [5.41, 5.74) is 2.33. The second kappa shape index (κ2) is 6.10. The van der Waals surface area contributed by atoms with Gasteiger partial charge in [-0.2, -0.15) is 0 Å². The largest absolute Gasteiger partial charge is 0.478 e. The van der Waals surface area contributed by atoms with Crippen molar-refractivity contribution in [2.24, 2.45) is 0 Å². The van der Waals surface area contributed by atoms with E-state index in [4.69, 9.17) is 0 Å². The predicted octanol–water partition coefficient (Wildman–Crippen LogP) is 4.04. The van der Waals surface area contributed by atoms with Gasteiger partial charge in [0.2, 0.25) is 0 Å². The fourth-order valence-corrected chi connectivity index (χ4v) is 2.41. The third-order valence-corrected chi connectivity index (χ3v) is 3.37. The Hall–Kier alpha value is -3.14. The summed E-state index contributed by atoms with van der Waals surface area (Å²) >= 11 is 0. The molecule has 110 valence electrons. The number of hydrogen-bond acceptors (Lipinski definition) is 2. The average Bonchev–Trinajstić information content (AvgIpc) is 2.52. The molecule has 0 heterocycles. The van der Waals surface area contributed by atoms with Crippen LogP contribution in [0.5, 0.6) is 0 Å². The lowest BCUT2D eigenvalue weighted by Gasteiger charge is -2.13. The van der Waals surface area contributed by atoms with Gasteiger partial charge in [-0.3, -0.25) is 0 Å². The molecule has 0 amide bonds. The van der Waals surface area contributed by atoms with Crippen molar-refractivity contribution in [1.82, 2.24) is 0 Å². The van der Waals surface area contributed by atoms with Gasteiger partial charge in [-0.15, -0.1) is 0 Å². The van der Waals surface area contributed by atoms with Crippen molar-refractivity contribution in [2.45, 2.75) is 0 Å². The van der Waals surface area contributed by atoms with Crippen LogP contribution in [-0.2, 0) is 0 Å². The molecule has 2 aromatic rings. The van der Waals surface area contributed by atoms with Gasteiger partial charge in [0.05, 0.1) is 11.1 Å². The fourth-order valence-electron chi connectivity index (χ4n) is 2.41. The van der Waals surface area contributed by atoms with Crippen molar-refractivity contribution in [2.75, 3.05) is 0 Å². The smallest absolute Gasteiger partial charge is 0.336 e. The van der Waals surface area contributed by atoms with Crippen LogP contribution < -0.4 is 0 Å². The molecular formula is C18H14O4. The zero-order valence-electron chi connectivity index (χ0n) is 11.7. The highest BCUT2D eigenvalue weighted by Crippen LogP contribution is 2.32. The molecule has 0 aromatic heterocycles. The molecule has 0 aliphatic heterocycles. The van der Waals surface area contributed by atoms with Gasteiger partial charge in [0.15, 0.2) is 0 Å². The normalized spacial score (nSPS) is 10.0. The first kappa shape index (κ1) is 15.3. The molecule has 2 rings (SSSR count). The van der Waals surface area contributed by atoms with E-state index in [1.807, 2.05) is 0 Å². The van der Waals surface area contributed by atoms with Crippen LogP contribution in [0.3, 0.4) is 0 Å². The standard InChI is InChI=1S/C18H14O4/c1-3-11-13(7-5-9-15(11)17(19)20)14-8-6-10-16(18(21)22)12(14)4-2/h3-10H,1-2H2,(H,19,20)(H,21,22). The molecule has 4 heteroatoms. The van der Waals surface area contributed by atoms with E-state index in [0.29, 0.717) is 22.3 Å². The summed E-state index contributed by atoms with van der Waals surface area (Å²) in [6.07, 6.45) is 2.91. The van der Waals surface area contributed by atoms with E-state index < -0.39 is 11.9 Å². The van der Waals surface area contributed by atoms with E-state index >= 15 is 0 Å². The van der Waals surface area contributed by atoms with Gasteiger partial charge in [0.25, 0.3) is 0 Å². The monoisotopic (exact) mass is 294 g/mol. The Balaban J connectivity index is 2.83. The Morgan fingerprint density at radius 3 is 1.41 bits per heavy atom. The minimum Gasteiger partial charge on any atom is -0.478 e. The Morgan fingerprint density at radius 1 is 0.773 bits per heavy atom. The van der Waals surface area contributed by atoms with Gasteiger partial charge in [-0.25, -0.2) is 9.59 Å². The highest BCUT2D eigenvalue weighted by molar-refractivity contribution is 5.99. The van der Waals surface area contributed by atoms with E-state index in [9.17, 15) is 19.8 Å². The van der Waals surface area contributed by atoms with Gasteiger partial charge in [-0.05, 0) is 34.4 Å². The van der Waals surface area contributed by atoms with Crippen LogP contribution in [0.2, 0.25) is 0 Å². The number of benzene rings is 2. The van der Waals surface area contributed by atoms with E-state index in [-0.39, 0.29) is 11.1 Å². The summed E-state index contributed by atoms with van der Waals surface area (Å²) in [5.74, 6) is -2.13. The van der Waals surface area contributed by atoms with Crippen molar-refractivity contribution in [3.05, 3.63) is 71.8 Å². The number of aromatic carboxylic acids is 2. The van der Waals surface area contributed by atoms with Crippen molar-refractivity contribution >= 4 is 24.1 Å². The highest BCUT2D eigenvalue weighted by atomic mass is 16.4. The number of carboxylic acid groups (broad SMARTS) is 2. The van der Waals surface area contributed by atoms with Crippen molar-refractivity contribution in [1.29, 1.82) is 0 Å². The molecule has 0 aliphatic carbocycles. The molecule has 0 saturated heterocycles. The first-order valence-corrected chi connectivity index (χ1v) is 6.49. The minimum atomic E-state index is -1.06. The maximum Gasteiger partial charge on any atom is 0.336 e. The lowest BCUT2D eigenvalue weighted by atomic mass is 9.90. The van der Waals surface area contributed by atoms with Gasteiger partial charge in [0.1, 0.15) is 0 Å². The molecule has 2 aromatic carbocycles. The van der Waals surface area contributed by atoms with Crippen LogP contribution >= 0.6 is 0 Å². The summed E-state index contributed by atoms with van der Waals surface area (Å²) in [6.45, 7) is 7.34. The van der Waals surface area contributed by atoms with Crippen LogP contribution in [0.4, 0.5) is 0 Å². The number of carboxylic acids is 2. The third kappa shape index (κ3) is 2.54. The molecule has 0 atom stereocenters. The molecule has 0 unspecified atom stereocenters. The molecule has 22 heavy (non-hydrogen) atoms. The van der Waals surface area contributed by atoms with Crippen LogP contribution in [0.1, 0.15) is 31.8 Å². The minimum absolute atomic E-state index is 0.114. The molecule has 2 N–H and O–H groups in total. The van der Waals surface area contributed by atoms with E-state index in [1.165, 1.54) is 24.3 Å². The SMILES string of the molecule is C=Cc1c(C(=O)O)cccc1-c1cccc(C(=O)O)c1C=C. The Morgan fingerprint density at radius 2 is 1.14 bits per heavy atom. The molecule has 0 aliphatic rings. The van der Waals surface area contributed by atoms with E-state index in [0.717, 1.165) is 0 Å². The second-order valence-electron chi connectivity index (χ2n) is 4.55. The van der Waals surface area contributed by atoms with Crippen molar-refractivity contribution in [3.8, 4) is 11.1 Å². The van der Waals surface area contributed by atoms with Crippen LogP contribution in [-0.4, -0.2) is 22.2 Å². The molecule has 0 fully saturated rings. The number of rotatable bonds is 5. The third-order valence-electron chi connectivity index (χ3n) is 3.37. The van der Waals surface area contributed by atoms with Crippen molar-refractivity contribution < 1.29 is 19.8 Å². The molecular weight excluding hydrogens is 280 g/mol. The average molecular weight is 294 g/mol. The number of carbonyl (C=O) groups is 2. The molecule has 0 saturated carbocycles. The maximum absolute atomic E-state index is 11.3. The lowest BCUT2D eigenvalue weighted by Crippen LogP contribution is -2.04. The zero-order chi connectivity index (χ0) is 16.3. The fraction of sp³-hybridized carbons (Fsp3) is 0. The summed E-state index contributed by atoms with van der Waals surface area (Å²) in [4.78, 5) is 22.7. The maximum atomic E-state index is 11.3. The highest BCUT2D eigenvalue weighted by Gasteiger charge is 2.17. The van der Waals surface area contributed by atoms with E-state index in [2.05, 4.69) is 13.2 Å². The topological polar surface area (TPSA) is 74.6 Å². The quantitative estimate of drug-likeness (QED) is 0.872. The van der Waals surface area contributed by atoms with E-state index in [1.54, 1.807) is 24.3 Å². The first-order chi connectivity index (χ1) is 10.5. The predicted molar refractivity (Wildman–Crippen MR) is 86.0 cm³/mol. The summed E-state index contributed by atoms with van der Waals surface area (Å²) in [6, 6.07) is 9.67. The molecule has 0 radical (unpaired) electrons.